The number of hydrogen-bond donors (Lipinski definition) is 3. The summed E-state index contributed by atoms with van der Waals surface area (Å²) >= 11 is 0. The molecule has 0 aliphatic carbocycles. The standard InChI is InChI=1S/C5H5N.C3H5NO3.C2H3N3/c1-2-4-6-5-3-1;5-2-4-1-3(6)7;1-2-4-5-3-1/h1-5H;2H,1H2,(H,4,5)(H,6,7);1-2H,(H,3,4,5). The second-order valence-corrected chi connectivity index (χ2v) is 2.57. The third-order valence-electron chi connectivity index (χ3n) is 1.23. The van der Waals surface area contributed by atoms with Gasteiger partial charge in [-0.05, 0) is 12.1 Å². The highest BCUT2D eigenvalue weighted by atomic mass is 16.4. The molecule has 2 aromatic rings. The normalized spacial score (nSPS) is 7.78. The number of aliphatic carboxylic acids is 1. The fraction of sp³-hybridized carbons (Fsp3) is 0.100. The SMILES string of the molecule is O=CNCC(=O)O.c1ccncc1.c1cn[nH]n1. The molecule has 0 unspecified atom stereocenters. The number of hydrogen-bond acceptors (Lipinski definition) is 5. The second kappa shape index (κ2) is 12.3. The lowest BCUT2D eigenvalue weighted by Gasteiger charge is -1.85. The molecule has 0 aliphatic rings. The number of aromatic amines is 1. The van der Waals surface area contributed by atoms with Gasteiger partial charge in [0.2, 0.25) is 6.41 Å². The van der Waals surface area contributed by atoms with Gasteiger partial charge in [0.25, 0.3) is 0 Å². The minimum atomic E-state index is -1.04. The molecule has 18 heavy (non-hydrogen) atoms. The number of carboxylic acids is 1. The minimum absolute atomic E-state index is 0.302. The average molecular weight is 251 g/mol. The van der Waals surface area contributed by atoms with E-state index in [0.29, 0.717) is 6.41 Å². The number of carbonyl (C=O) groups is 2. The van der Waals surface area contributed by atoms with E-state index in [1.165, 1.54) is 0 Å². The fourth-order valence-corrected chi connectivity index (χ4v) is 0.608. The largest absolute Gasteiger partial charge is 0.480 e. The van der Waals surface area contributed by atoms with Crippen molar-refractivity contribution < 1.29 is 14.7 Å². The lowest BCUT2D eigenvalue weighted by atomic mass is 10.5. The van der Waals surface area contributed by atoms with Crippen LogP contribution in [0.4, 0.5) is 0 Å². The highest BCUT2D eigenvalue weighted by molar-refractivity contribution is 5.71. The van der Waals surface area contributed by atoms with Gasteiger partial charge in [-0.3, -0.25) is 14.6 Å². The Morgan fingerprint density at radius 2 is 1.78 bits per heavy atom. The van der Waals surface area contributed by atoms with E-state index in [-0.39, 0.29) is 6.54 Å². The fourth-order valence-electron chi connectivity index (χ4n) is 0.608. The first-order valence-corrected chi connectivity index (χ1v) is 4.81. The number of carboxylic acid groups (broad SMARTS) is 1. The summed E-state index contributed by atoms with van der Waals surface area (Å²) in [5.74, 6) is -1.04. The topological polar surface area (TPSA) is 121 Å². The Morgan fingerprint density at radius 3 is 1.94 bits per heavy atom. The molecule has 0 saturated carbocycles. The van der Waals surface area contributed by atoms with Gasteiger partial charge in [-0.15, -0.1) is 0 Å². The van der Waals surface area contributed by atoms with Gasteiger partial charge in [-0.25, -0.2) is 0 Å². The average Bonchev–Trinajstić information content (AvgIpc) is 2.98. The molecule has 0 radical (unpaired) electrons. The van der Waals surface area contributed by atoms with Crippen molar-refractivity contribution in [2.45, 2.75) is 0 Å². The molecule has 8 nitrogen and oxygen atoms in total. The Balaban J connectivity index is 0.000000243. The molecule has 3 N–H and O–H groups in total. The number of nitrogens with zero attached hydrogens (tertiary/aromatic N) is 3. The lowest BCUT2D eigenvalue weighted by Crippen LogP contribution is -2.20. The van der Waals surface area contributed by atoms with Crippen LogP contribution in [0.3, 0.4) is 0 Å². The van der Waals surface area contributed by atoms with E-state index in [1.54, 1.807) is 24.8 Å². The zero-order valence-corrected chi connectivity index (χ0v) is 9.43. The molecular formula is C10H13N5O3. The van der Waals surface area contributed by atoms with Crippen molar-refractivity contribution in [2.24, 2.45) is 0 Å². The first-order chi connectivity index (χ1) is 8.77. The zero-order valence-electron chi connectivity index (χ0n) is 9.43. The number of aromatic nitrogens is 4. The number of H-pyrrole nitrogens is 1. The van der Waals surface area contributed by atoms with Crippen molar-refractivity contribution >= 4 is 12.4 Å². The van der Waals surface area contributed by atoms with Crippen LogP contribution in [0.1, 0.15) is 0 Å². The quantitative estimate of drug-likeness (QED) is 0.644. The van der Waals surface area contributed by atoms with Gasteiger partial charge in [0.05, 0.1) is 12.4 Å². The number of nitrogens with one attached hydrogen (secondary N) is 2. The third-order valence-corrected chi connectivity index (χ3v) is 1.23. The molecule has 1 amide bonds. The van der Waals surface area contributed by atoms with E-state index >= 15 is 0 Å². The summed E-state index contributed by atoms with van der Waals surface area (Å²) in [4.78, 5) is 22.7. The molecule has 0 fully saturated rings. The summed E-state index contributed by atoms with van der Waals surface area (Å²) in [6.45, 7) is -0.302. The van der Waals surface area contributed by atoms with E-state index in [1.807, 2.05) is 23.5 Å². The summed E-state index contributed by atoms with van der Waals surface area (Å²) in [6, 6.07) is 5.72. The van der Waals surface area contributed by atoms with Gasteiger partial charge in [0, 0.05) is 12.4 Å². The Labute approximate surface area is 103 Å². The van der Waals surface area contributed by atoms with Crippen LogP contribution in [-0.4, -0.2) is 44.4 Å². The van der Waals surface area contributed by atoms with Crippen molar-refractivity contribution in [3.05, 3.63) is 43.0 Å². The van der Waals surface area contributed by atoms with Crippen LogP contribution in [-0.2, 0) is 9.59 Å². The number of amides is 1. The second-order valence-electron chi connectivity index (χ2n) is 2.57. The summed E-state index contributed by atoms with van der Waals surface area (Å²) in [5.41, 5.74) is 0. The first kappa shape index (κ1) is 15.2. The molecule has 0 atom stereocenters. The van der Waals surface area contributed by atoms with Crippen LogP contribution in [0, 0.1) is 0 Å². The monoisotopic (exact) mass is 251 g/mol. The molecular weight excluding hydrogens is 238 g/mol. The smallest absolute Gasteiger partial charge is 0.322 e. The molecule has 2 aromatic heterocycles. The maximum Gasteiger partial charge on any atom is 0.322 e. The first-order valence-electron chi connectivity index (χ1n) is 4.81. The van der Waals surface area contributed by atoms with E-state index in [9.17, 15) is 9.59 Å². The Bertz CT molecular complexity index is 349. The maximum absolute atomic E-state index is 9.54. The molecule has 0 saturated heterocycles. The molecule has 96 valence electrons. The van der Waals surface area contributed by atoms with Crippen molar-refractivity contribution in [3.63, 3.8) is 0 Å². The van der Waals surface area contributed by atoms with Crippen molar-refractivity contribution in [3.8, 4) is 0 Å². The van der Waals surface area contributed by atoms with Gasteiger partial charge in [-0.1, -0.05) is 6.07 Å². The Hall–Kier alpha value is -2.77. The van der Waals surface area contributed by atoms with Gasteiger partial charge in [0.1, 0.15) is 6.54 Å². The van der Waals surface area contributed by atoms with E-state index in [4.69, 9.17) is 5.11 Å². The van der Waals surface area contributed by atoms with Crippen LogP contribution in [0.5, 0.6) is 0 Å². The number of carbonyl (C=O) groups excluding carboxylic acids is 1. The molecule has 0 spiro atoms. The number of pyridine rings is 1. The Kier molecular flexibility index (Phi) is 10.4. The van der Waals surface area contributed by atoms with Gasteiger partial charge < -0.3 is 10.4 Å². The predicted octanol–water partition coefficient (Wildman–Crippen LogP) is -0.297. The Morgan fingerprint density at radius 1 is 1.17 bits per heavy atom. The van der Waals surface area contributed by atoms with Gasteiger partial charge >= 0.3 is 5.97 Å². The van der Waals surface area contributed by atoms with E-state index in [2.05, 4.69) is 20.4 Å². The summed E-state index contributed by atoms with van der Waals surface area (Å²) in [6.07, 6.45) is 7.01. The van der Waals surface area contributed by atoms with Crippen molar-refractivity contribution in [1.29, 1.82) is 0 Å². The molecule has 2 rings (SSSR count). The minimum Gasteiger partial charge on any atom is -0.480 e. The summed E-state index contributed by atoms with van der Waals surface area (Å²) in [7, 11) is 0. The van der Waals surface area contributed by atoms with Gasteiger partial charge in [-0.2, -0.15) is 15.4 Å². The van der Waals surface area contributed by atoms with E-state index < -0.39 is 5.97 Å². The van der Waals surface area contributed by atoms with Crippen molar-refractivity contribution in [1.82, 2.24) is 25.7 Å². The molecule has 0 aromatic carbocycles. The third kappa shape index (κ3) is 13.2. The lowest BCUT2D eigenvalue weighted by molar-refractivity contribution is -0.136. The highest BCUT2D eigenvalue weighted by Gasteiger charge is 1.88. The summed E-state index contributed by atoms with van der Waals surface area (Å²) < 4.78 is 0. The van der Waals surface area contributed by atoms with E-state index in [0.717, 1.165) is 0 Å². The van der Waals surface area contributed by atoms with Crippen LogP contribution >= 0.6 is 0 Å². The number of rotatable bonds is 3. The molecule has 8 heteroatoms. The molecule has 0 bridgehead atoms. The predicted molar refractivity (Wildman–Crippen MR) is 62.3 cm³/mol. The van der Waals surface area contributed by atoms with Crippen LogP contribution in [0.2, 0.25) is 0 Å². The van der Waals surface area contributed by atoms with Crippen LogP contribution in [0.15, 0.2) is 43.0 Å². The van der Waals surface area contributed by atoms with Crippen LogP contribution in [0.25, 0.3) is 0 Å². The van der Waals surface area contributed by atoms with Crippen LogP contribution < -0.4 is 5.32 Å². The molecule has 2 heterocycles. The maximum atomic E-state index is 9.54. The summed E-state index contributed by atoms with van der Waals surface area (Å²) in [5, 5.41) is 19.1. The van der Waals surface area contributed by atoms with Crippen molar-refractivity contribution in [2.75, 3.05) is 6.54 Å². The molecule has 0 aliphatic heterocycles. The highest BCUT2D eigenvalue weighted by Crippen LogP contribution is 1.73. The van der Waals surface area contributed by atoms with Gasteiger partial charge in [0.15, 0.2) is 0 Å². The zero-order chi connectivity index (χ0) is 13.5.